The quantitative estimate of drug-likeness (QED) is 0.433. The number of nitrogens with zero attached hydrogens (tertiary/aromatic N) is 2. The second-order valence-corrected chi connectivity index (χ2v) is 7.92. The summed E-state index contributed by atoms with van der Waals surface area (Å²) in [5, 5.41) is 2.06. The summed E-state index contributed by atoms with van der Waals surface area (Å²) < 4.78 is 69.5. The number of nitrogens with one attached hydrogen (secondary N) is 3. The lowest BCUT2D eigenvalue weighted by molar-refractivity contribution is 0.102. The van der Waals surface area contributed by atoms with Gasteiger partial charge < -0.3 is 10.3 Å². The molecule has 0 spiro atoms. The molecule has 2 aromatic carbocycles. The van der Waals surface area contributed by atoms with Gasteiger partial charge in [-0.25, -0.2) is 31.6 Å². The summed E-state index contributed by atoms with van der Waals surface area (Å²) in [6.07, 6.45) is 2.53. The molecule has 1 amide bonds. The Morgan fingerprint density at radius 1 is 1.00 bits per heavy atom. The first-order valence-electron chi connectivity index (χ1n) is 8.62. The Bertz CT molecular complexity index is 1420. The molecule has 0 fully saturated rings. The number of aromatic amines is 1. The number of fused-ring (bicyclic) bond motifs is 1. The van der Waals surface area contributed by atoms with Crippen molar-refractivity contribution in [3.63, 3.8) is 0 Å². The molecule has 2 aromatic heterocycles. The molecule has 8 nitrogen and oxygen atoms in total. The predicted molar refractivity (Wildman–Crippen MR) is 105 cm³/mol. The van der Waals surface area contributed by atoms with Crippen LogP contribution in [0.5, 0.6) is 0 Å². The summed E-state index contributed by atoms with van der Waals surface area (Å²) in [7, 11) is -4.52. The predicted octanol–water partition coefficient (Wildman–Crippen LogP) is 3.43. The van der Waals surface area contributed by atoms with Crippen LogP contribution in [0.25, 0.3) is 11.2 Å². The third kappa shape index (κ3) is 3.92. The first-order chi connectivity index (χ1) is 14.8. The van der Waals surface area contributed by atoms with Crippen molar-refractivity contribution < 1.29 is 26.4 Å². The minimum absolute atomic E-state index is 0.0205. The molecule has 0 saturated carbocycles. The van der Waals surface area contributed by atoms with Crippen LogP contribution in [0.1, 0.15) is 10.4 Å². The maximum Gasteiger partial charge on any atom is 0.264 e. The molecule has 31 heavy (non-hydrogen) atoms. The normalized spacial score (nSPS) is 11.5. The van der Waals surface area contributed by atoms with Crippen LogP contribution in [0.2, 0.25) is 0 Å². The first kappa shape index (κ1) is 20.3. The molecule has 158 valence electrons. The maximum atomic E-state index is 14.9. The Hall–Kier alpha value is -3.93. The molecular formula is C19H12F3N5O3S. The number of hydrogen-bond donors (Lipinski definition) is 3. The van der Waals surface area contributed by atoms with Gasteiger partial charge >= 0.3 is 0 Å². The van der Waals surface area contributed by atoms with Crippen molar-refractivity contribution in [3.8, 4) is 0 Å². The number of anilines is 2. The van der Waals surface area contributed by atoms with Crippen LogP contribution >= 0.6 is 0 Å². The monoisotopic (exact) mass is 447 g/mol. The molecule has 3 N–H and O–H groups in total. The minimum atomic E-state index is -4.52. The first-order valence-corrected chi connectivity index (χ1v) is 10.1. The number of halogens is 3. The molecule has 0 atom stereocenters. The Morgan fingerprint density at radius 2 is 1.77 bits per heavy atom. The van der Waals surface area contributed by atoms with Crippen molar-refractivity contribution >= 4 is 38.5 Å². The standard InChI is InChI=1S/C19H12F3N5O3S/c20-11-3-1-2-4-15(11)31(29,30)27-13-6-5-12(21)17(16(13)22)26-19(28)10-7-14-18(23-8-10)25-9-24-14/h1-9,27H,(H,26,28)(H,23,24,25). The van der Waals surface area contributed by atoms with E-state index in [2.05, 4.69) is 20.3 Å². The van der Waals surface area contributed by atoms with Crippen LogP contribution in [0.4, 0.5) is 24.5 Å². The van der Waals surface area contributed by atoms with Gasteiger partial charge in [-0.15, -0.1) is 0 Å². The number of H-pyrrole nitrogens is 1. The number of hydrogen-bond acceptors (Lipinski definition) is 5. The fourth-order valence-electron chi connectivity index (χ4n) is 2.75. The summed E-state index contributed by atoms with van der Waals surface area (Å²) in [5.74, 6) is -4.47. The minimum Gasteiger partial charge on any atom is -0.343 e. The third-order valence-corrected chi connectivity index (χ3v) is 5.63. The van der Waals surface area contributed by atoms with E-state index in [0.29, 0.717) is 11.2 Å². The number of sulfonamides is 1. The number of imidazole rings is 1. The largest absolute Gasteiger partial charge is 0.343 e. The van der Waals surface area contributed by atoms with E-state index in [1.165, 1.54) is 30.7 Å². The zero-order valence-electron chi connectivity index (χ0n) is 15.4. The van der Waals surface area contributed by atoms with Gasteiger partial charge in [-0.05, 0) is 30.3 Å². The van der Waals surface area contributed by atoms with Crippen LogP contribution in [-0.4, -0.2) is 29.3 Å². The molecule has 0 aliphatic heterocycles. The number of carbonyl (C=O) groups excluding carboxylic acids is 1. The second kappa shape index (κ2) is 7.72. The third-order valence-electron chi connectivity index (χ3n) is 4.24. The molecule has 4 aromatic rings. The smallest absolute Gasteiger partial charge is 0.264 e. The highest BCUT2D eigenvalue weighted by molar-refractivity contribution is 7.92. The van der Waals surface area contributed by atoms with Gasteiger partial charge in [-0.1, -0.05) is 12.1 Å². The van der Waals surface area contributed by atoms with E-state index in [0.717, 1.165) is 24.3 Å². The van der Waals surface area contributed by atoms with Crippen molar-refractivity contribution in [1.29, 1.82) is 0 Å². The van der Waals surface area contributed by atoms with Crippen LogP contribution in [0.15, 0.2) is 59.9 Å². The molecule has 12 heteroatoms. The molecule has 2 heterocycles. The number of benzene rings is 2. The molecule has 0 aliphatic rings. The highest BCUT2D eigenvalue weighted by atomic mass is 32.2. The van der Waals surface area contributed by atoms with Crippen molar-refractivity contribution in [2.45, 2.75) is 4.90 Å². The van der Waals surface area contributed by atoms with Gasteiger partial charge in [0.2, 0.25) is 0 Å². The Kier molecular flexibility index (Phi) is 5.07. The van der Waals surface area contributed by atoms with Gasteiger partial charge in [0.15, 0.2) is 11.5 Å². The highest BCUT2D eigenvalue weighted by Gasteiger charge is 2.23. The lowest BCUT2D eigenvalue weighted by Crippen LogP contribution is -2.18. The highest BCUT2D eigenvalue weighted by Crippen LogP contribution is 2.28. The zero-order chi connectivity index (χ0) is 22.2. The average molecular weight is 447 g/mol. The topological polar surface area (TPSA) is 117 Å². The van der Waals surface area contributed by atoms with E-state index in [4.69, 9.17) is 0 Å². The molecule has 0 bridgehead atoms. The second-order valence-electron chi connectivity index (χ2n) is 6.27. The lowest BCUT2D eigenvalue weighted by Gasteiger charge is -2.13. The van der Waals surface area contributed by atoms with E-state index >= 15 is 0 Å². The summed E-state index contributed by atoms with van der Waals surface area (Å²) in [6.45, 7) is 0. The van der Waals surface area contributed by atoms with Crippen molar-refractivity contribution in [1.82, 2.24) is 15.0 Å². The van der Waals surface area contributed by atoms with E-state index in [9.17, 15) is 26.4 Å². The number of carbonyl (C=O) groups is 1. The molecule has 0 radical (unpaired) electrons. The Balaban J connectivity index is 1.64. The van der Waals surface area contributed by atoms with E-state index in [1.54, 1.807) is 0 Å². The van der Waals surface area contributed by atoms with Gasteiger partial charge in [-0.3, -0.25) is 9.52 Å². The van der Waals surface area contributed by atoms with Crippen molar-refractivity contribution in [2.24, 2.45) is 0 Å². The van der Waals surface area contributed by atoms with Crippen molar-refractivity contribution in [2.75, 3.05) is 10.0 Å². The van der Waals surface area contributed by atoms with Gasteiger partial charge in [-0.2, -0.15) is 0 Å². The number of rotatable bonds is 5. The average Bonchev–Trinajstić information content (AvgIpc) is 3.21. The number of aromatic nitrogens is 3. The lowest BCUT2D eigenvalue weighted by atomic mass is 10.2. The van der Waals surface area contributed by atoms with E-state index in [-0.39, 0.29) is 5.56 Å². The SMILES string of the molecule is O=C(Nc1c(F)ccc(NS(=O)(=O)c2ccccc2F)c1F)c1cnc2nc[nH]c2c1. The van der Waals surface area contributed by atoms with Crippen molar-refractivity contribution in [3.05, 3.63) is 78.0 Å². The molecule has 0 unspecified atom stereocenters. The summed E-state index contributed by atoms with van der Waals surface area (Å²) in [6, 6.07) is 7.44. The van der Waals surface area contributed by atoms with Gasteiger partial charge in [0.05, 0.1) is 23.1 Å². The van der Waals surface area contributed by atoms with Crippen LogP contribution < -0.4 is 10.0 Å². The summed E-state index contributed by atoms with van der Waals surface area (Å²) in [5.41, 5.74) is -0.808. The molecule has 0 saturated heterocycles. The number of amides is 1. The fourth-order valence-corrected chi connectivity index (χ4v) is 3.89. The van der Waals surface area contributed by atoms with Gasteiger partial charge in [0.1, 0.15) is 22.2 Å². The van der Waals surface area contributed by atoms with Crippen LogP contribution in [-0.2, 0) is 10.0 Å². The van der Waals surface area contributed by atoms with Gasteiger partial charge in [0.25, 0.3) is 15.9 Å². The van der Waals surface area contributed by atoms with E-state index in [1.807, 2.05) is 4.72 Å². The van der Waals surface area contributed by atoms with Crippen LogP contribution in [0, 0.1) is 17.5 Å². The fraction of sp³-hybridized carbons (Fsp3) is 0. The summed E-state index contributed by atoms with van der Waals surface area (Å²) >= 11 is 0. The molecular weight excluding hydrogens is 435 g/mol. The van der Waals surface area contributed by atoms with Gasteiger partial charge in [0, 0.05) is 6.20 Å². The zero-order valence-corrected chi connectivity index (χ0v) is 16.2. The molecule has 4 rings (SSSR count). The number of pyridine rings is 1. The Morgan fingerprint density at radius 3 is 2.55 bits per heavy atom. The summed E-state index contributed by atoms with van der Waals surface area (Å²) in [4.78, 5) is 22.3. The Labute approximate surface area is 173 Å². The molecule has 0 aliphatic carbocycles. The van der Waals surface area contributed by atoms with E-state index < -0.39 is 49.7 Å². The van der Waals surface area contributed by atoms with Crippen LogP contribution in [0.3, 0.4) is 0 Å². The maximum absolute atomic E-state index is 14.9.